The minimum Gasteiger partial charge on any atom is -0.481 e. The molecular weight excluding hydrogens is 224 g/mol. The highest BCUT2D eigenvalue weighted by Gasteiger charge is 2.09. The fraction of sp³-hybridized carbons (Fsp3) is 0.375. The summed E-state index contributed by atoms with van der Waals surface area (Å²) in [5, 5.41) is 17.0. The van der Waals surface area contributed by atoms with Crippen molar-refractivity contribution in [1.82, 2.24) is 10.2 Å². The molecule has 1 atom stereocenters. The highest BCUT2D eigenvalue weighted by Crippen LogP contribution is 2.22. The number of halogens is 1. The molecule has 0 saturated heterocycles. The van der Waals surface area contributed by atoms with E-state index in [4.69, 9.17) is 16.7 Å². The number of nitrogens with zero attached hydrogens (tertiary/aromatic N) is 2. The summed E-state index contributed by atoms with van der Waals surface area (Å²) < 4.78 is 0. The van der Waals surface area contributed by atoms with E-state index in [0.717, 1.165) is 0 Å². The predicted molar refractivity (Wildman–Crippen MR) is 54.6 cm³/mol. The van der Waals surface area contributed by atoms with Gasteiger partial charge >= 0.3 is 5.97 Å². The van der Waals surface area contributed by atoms with E-state index in [0.29, 0.717) is 10.2 Å². The zero-order valence-corrected chi connectivity index (χ0v) is 9.05. The second-order valence-corrected chi connectivity index (χ2v) is 4.57. The highest BCUT2D eigenvalue weighted by molar-refractivity contribution is 7.99. The molecule has 0 radical (unpaired) electrons. The SMILES string of the molecule is CC(CC(=O)O)Sc1ccc(Cl)nn1. The number of rotatable bonds is 4. The lowest BCUT2D eigenvalue weighted by Crippen LogP contribution is -2.05. The largest absolute Gasteiger partial charge is 0.481 e. The van der Waals surface area contributed by atoms with Gasteiger partial charge in [-0.25, -0.2) is 0 Å². The molecule has 4 nitrogen and oxygen atoms in total. The van der Waals surface area contributed by atoms with Crippen molar-refractivity contribution >= 4 is 29.3 Å². The quantitative estimate of drug-likeness (QED) is 0.806. The fourth-order valence-electron chi connectivity index (χ4n) is 0.860. The molecule has 0 fully saturated rings. The Morgan fingerprint density at radius 2 is 2.36 bits per heavy atom. The molecule has 6 heteroatoms. The molecule has 1 N–H and O–H groups in total. The number of carboxylic acids is 1. The zero-order chi connectivity index (χ0) is 10.6. The monoisotopic (exact) mass is 232 g/mol. The van der Waals surface area contributed by atoms with Crippen LogP contribution < -0.4 is 0 Å². The molecule has 0 saturated carbocycles. The van der Waals surface area contributed by atoms with E-state index in [9.17, 15) is 4.79 Å². The lowest BCUT2D eigenvalue weighted by Gasteiger charge is -2.06. The number of carbonyl (C=O) groups is 1. The molecule has 14 heavy (non-hydrogen) atoms. The first-order chi connectivity index (χ1) is 6.58. The number of aliphatic carboxylic acids is 1. The van der Waals surface area contributed by atoms with Crippen molar-refractivity contribution in [3.8, 4) is 0 Å². The van der Waals surface area contributed by atoms with Gasteiger partial charge in [-0.2, -0.15) is 0 Å². The summed E-state index contributed by atoms with van der Waals surface area (Å²) >= 11 is 6.92. The molecule has 0 aliphatic heterocycles. The van der Waals surface area contributed by atoms with Crippen LogP contribution in [0.3, 0.4) is 0 Å². The van der Waals surface area contributed by atoms with E-state index in [1.165, 1.54) is 11.8 Å². The van der Waals surface area contributed by atoms with Gasteiger partial charge in [0, 0.05) is 5.25 Å². The zero-order valence-electron chi connectivity index (χ0n) is 7.48. The summed E-state index contributed by atoms with van der Waals surface area (Å²) in [4.78, 5) is 10.4. The predicted octanol–water partition coefficient (Wildman–Crippen LogP) is 2.09. The van der Waals surface area contributed by atoms with Gasteiger partial charge in [-0.3, -0.25) is 4.79 Å². The van der Waals surface area contributed by atoms with Gasteiger partial charge in [-0.15, -0.1) is 22.0 Å². The maximum Gasteiger partial charge on any atom is 0.304 e. The molecule has 0 aromatic carbocycles. The third-order valence-electron chi connectivity index (χ3n) is 1.39. The van der Waals surface area contributed by atoms with E-state index < -0.39 is 5.97 Å². The Morgan fingerprint density at radius 3 is 2.86 bits per heavy atom. The third-order valence-corrected chi connectivity index (χ3v) is 2.62. The number of carboxylic acid groups (broad SMARTS) is 1. The lowest BCUT2D eigenvalue weighted by atomic mass is 10.3. The molecule has 0 spiro atoms. The first kappa shape index (κ1) is 11.3. The second-order valence-electron chi connectivity index (χ2n) is 2.72. The van der Waals surface area contributed by atoms with Crippen molar-refractivity contribution in [2.75, 3.05) is 0 Å². The number of hydrogen-bond acceptors (Lipinski definition) is 4. The van der Waals surface area contributed by atoms with Crippen molar-refractivity contribution in [2.24, 2.45) is 0 Å². The average molecular weight is 233 g/mol. The first-order valence-electron chi connectivity index (χ1n) is 3.95. The van der Waals surface area contributed by atoms with E-state index in [1.54, 1.807) is 12.1 Å². The lowest BCUT2D eigenvalue weighted by molar-refractivity contribution is -0.136. The summed E-state index contributed by atoms with van der Waals surface area (Å²) in [6.45, 7) is 1.83. The van der Waals surface area contributed by atoms with Crippen LogP contribution in [0.15, 0.2) is 17.2 Å². The molecule has 0 aliphatic rings. The first-order valence-corrected chi connectivity index (χ1v) is 5.21. The molecule has 1 aromatic heterocycles. The van der Waals surface area contributed by atoms with Crippen molar-refractivity contribution in [1.29, 1.82) is 0 Å². The van der Waals surface area contributed by atoms with Crippen LogP contribution in [-0.4, -0.2) is 26.5 Å². The number of thioether (sulfide) groups is 1. The van der Waals surface area contributed by atoms with Crippen LogP contribution in [0.1, 0.15) is 13.3 Å². The Kier molecular flexibility index (Phi) is 4.16. The maximum absolute atomic E-state index is 10.4. The molecule has 1 rings (SSSR count). The average Bonchev–Trinajstić information content (AvgIpc) is 2.07. The molecule has 76 valence electrons. The molecule has 0 aliphatic carbocycles. The van der Waals surface area contributed by atoms with Crippen molar-refractivity contribution in [2.45, 2.75) is 23.6 Å². The van der Waals surface area contributed by atoms with Crippen molar-refractivity contribution < 1.29 is 9.90 Å². The summed E-state index contributed by atoms with van der Waals surface area (Å²) in [6, 6.07) is 3.35. The Labute approximate surface area is 90.7 Å². The Hall–Kier alpha value is -0.810. The molecule has 1 aromatic rings. The van der Waals surface area contributed by atoms with Crippen LogP contribution in [0.2, 0.25) is 5.15 Å². The molecule has 1 heterocycles. The van der Waals surface area contributed by atoms with Gasteiger partial charge < -0.3 is 5.11 Å². The van der Waals surface area contributed by atoms with Crippen LogP contribution in [0.4, 0.5) is 0 Å². The maximum atomic E-state index is 10.4. The van der Waals surface area contributed by atoms with E-state index in [2.05, 4.69) is 10.2 Å². The van der Waals surface area contributed by atoms with Crippen molar-refractivity contribution in [3.05, 3.63) is 17.3 Å². The minimum absolute atomic E-state index is 0.0250. The highest BCUT2D eigenvalue weighted by atomic mass is 35.5. The van der Waals surface area contributed by atoms with Crippen LogP contribution in [0.25, 0.3) is 0 Å². The molecule has 0 amide bonds. The minimum atomic E-state index is -0.813. The summed E-state index contributed by atoms with van der Waals surface area (Å²) in [6.07, 6.45) is 0.106. The van der Waals surface area contributed by atoms with Gasteiger partial charge in [0.05, 0.1) is 6.42 Å². The molecular formula is C8H9ClN2O2S. The van der Waals surface area contributed by atoms with Gasteiger partial charge in [0.2, 0.25) is 0 Å². The number of hydrogen-bond donors (Lipinski definition) is 1. The van der Waals surface area contributed by atoms with Crippen molar-refractivity contribution in [3.63, 3.8) is 0 Å². The number of aromatic nitrogens is 2. The van der Waals surface area contributed by atoms with Crippen LogP contribution in [0.5, 0.6) is 0 Å². The van der Waals surface area contributed by atoms with Gasteiger partial charge in [-0.05, 0) is 12.1 Å². The summed E-state index contributed by atoms with van der Waals surface area (Å²) in [5.74, 6) is -0.813. The van der Waals surface area contributed by atoms with E-state index in [-0.39, 0.29) is 11.7 Å². The standard InChI is InChI=1S/C8H9ClN2O2S/c1-5(4-8(12)13)14-7-3-2-6(9)10-11-7/h2-3,5H,4H2,1H3,(H,12,13). The third kappa shape index (κ3) is 3.93. The smallest absolute Gasteiger partial charge is 0.304 e. The Balaban J connectivity index is 2.51. The van der Waals surface area contributed by atoms with Gasteiger partial charge in [0.25, 0.3) is 0 Å². The Morgan fingerprint density at radius 1 is 1.64 bits per heavy atom. The second kappa shape index (κ2) is 5.17. The van der Waals surface area contributed by atoms with Crippen LogP contribution in [0, 0.1) is 0 Å². The summed E-state index contributed by atoms with van der Waals surface area (Å²) in [7, 11) is 0. The Bertz CT molecular complexity index is 318. The van der Waals surface area contributed by atoms with Crippen LogP contribution >= 0.6 is 23.4 Å². The van der Waals surface area contributed by atoms with Gasteiger partial charge in [0.15, 0.2) is 5.15 Å². The molecule has 1 unspecified atom stereocenters. The van der Waals surface area contributed by atoms with E-state index >= 15 is 0 Å². The molecule has 0 bridgehead atoms. The van der Waals surface area contributed by atoms with E-state index in [1.807, 2.05) is 6.92 Å². The van der Waals surface area contributed by atoms with Gasteiger partial charge in [0.1, 0.15) is 5.03 Å². The summed E-state index contributed by atoms with van der Waals surface area (Å²) in [5.41, 5.74) is 0. The topological polar surface area (TPSA) is 63.1 Å². The normalized spacial score (nSPS) is 12.4. The van der Waals surface area contributed by atoms with Crippen LogP contribution in [-0.2, 0) is 4.79 Å². The fourth-order valence-corrected chi connectivity index (χ4v) is 1.83. The van der Waals surface area contributed by atoms with Gasteiger partial charge in [-0.1, -0.05) is 18.5 Å².